The zero-order chi connectivity index (χ0) is 18.1. The normalized spacial score (nSPS) is 14.4. The molecule has 0 radical (unpaired) electrons. The Hall–Kier alpha value is -2.30. The van der Waals surface area contributed by atoms with Crippen molar-refractivity contribution in [1.29, 1.82) is 0 Å². The number of carbonyl (C=O) groups excluding carboxylic acids is 2. The number of benzene rings is 2. The van der Waals surface area contributed by atoms with E-state index in [1.807, 2.05) is 0 Å². The highest BCUT2D eigenvalue weighted by Crippen LogP contribution is 2.40. The fourth-order valence-corrected chi connectivity index (χ4v) is 2.99. The minimum atomic E-state index is -0.257. The second-order valence-corrected chi connectivity index (χ2v) is 6.45. The van der Waals surface area contributed by atoms with Crippen LogP contribution in [0.25, 0.3) is 6.08 Å². The van der Waals surface area contributed by atoms with Gasteiger partial charge in [0.2, 0.25) is 5.78 Å². The Balaban J connectivity index is 1.97. The predicted octanol–water partition coefficient (Wildman–Crippen LogP) is 4.89. The number of ketones is 2. The van der Waals surface area contributed by atoms with E-state index in [9.17, 15) is 9.59 Å². The first-order chi connectivity index (χ1) is 11.9. The molecule has 4 nitrogen and oxygen atoms in total. The molecular weight excluding hydrogens is 363 g/mol. The van der Waals surface area contributed by atoms with E-state index >= 15 is 0 Å². The molecular formula is C19H14Cl2O4. The van der Waals surface area contributed by atoms with Crippen LogP contribution in [0.4, 0.5) is 0 Å². The average Bonchev–Trinajstić information content (AvgIpc) is 2.87. The molecule has 2 aromatic carbocycles. The van der Waals surface area contributed by atoms with Gasteiger partial charge in [-0.05, 0) is 44.2 Å². The van der Waals surface area contributed by atoms with E-state index in [0.29, 0.717) is 38.2 Å². The van der Waals surface area contributed by atoms with Crippen LogP contribution in [-0.2, 0) is 4.79 Å². The summed E-state index contributed by atoms with van der Waals surface area (Å²) in [6.07, 6.45) is 1.53. The highest BCUT2D eigenvalue weighted by Gasteiger charge is 2.30. The van der Waals surface area contributed by atoms with Crippen LogP contribution in [0, 0.1) is 6.92 Å². The van der Waals surface area contributed by atoms with Crippen molar-refractivity contribution in [3.05, 3.63) is 62.8 Å². The first-order valence-electron chi connectivity index (χ1n) is 7.52. The summed E-state index contributed by atoms with van der Waals surface area (Å²) < 4.78 is 11.2. The first-order valence-corrected chi connectivity index (χ1v) is 8.28. The molecule has 6 heteroatoms. The molecule has 0 atom stereocenters. The fourth-order valence-electron chi connectivity index (χ4n) is 2.48. The van der Waals surface area contributed by atoms with Gasteiger partial charge in [-0.3, -0.25) is 9.59 Å². The molecule has 128 valence electrons. The Labute approximate surface area is 155 Å². The summed E-state index contributed by atoms with van der Waals surface area (Å²) >= 11 is 12.3. The summed E-state index contributed by atoms with van der Waals surface area (Å²) in [5, 5.41) is 0.851. The van der Waals surface area contributed by atoms with Crippen LogP contribution in [0.5, 0.6) is 11.5 Å². The second-order valence-electron chi connectivity index (χ2n) is 5.63. The molecule has 2 aromatic rings. The Bertz CT molecular complexity index is 896. The number of hydrogen-bond donors (Lipinski definition) is 0. The van der Waals surface area contributed by atoms with Crippen LogP contribution in [-0.4, -0.2) is 18.2 Å². The van der Waals surface area contributed by atoms with Gasteiger partial charge in [-0.25, -0.2) is 0 Å². The smallest absolute Gasteiger partial charge is 0.231 e. The van der Waals surface area contributed by atoms with Gasteiger partial charge in [0.1, 0.15) is 18.1 Å². The maximum atomic E-state index is 12.6. The molecule has 0 amide bonds. The standard InChI is InChI=1S/C19H14Cl2O4/c1-10(22)9-24-16-7-6-12-18(23)17(25-19(12)11(16)2)8-13-14(20)4-3-5-15(13)21/h3-8H,9H2,1-2H3/b17-8-. The van der Waals surface area contributed by atoms with Crippen molar-refractivity contribution in [2.24, 2.45) is 0 Å². The molecule has 0 aromatic heterocycles. The number of allylic oxidation sites excluding steroid dienone is 1. The van der Waals surface area contributed by atoms with Gasteiger partial charge in [-0.2, -0.15) is 0 Å². The third kappa shape index (κ3) is 3.41. The van der Waals surface area contributed by atoms with Gasteiger partial charge in [0.15, 0.2) is 11.5 Å². The lowest BCUT2D eigenvalue weighted by atomic mass is 10.1. The second kappa shape index (κ2) is 6.90. The number of hydrogen-bond acceptors (Lipinski definition) is 4. The molecule has 0 saturated carbocycles. The van der Waals surface area contributed by atoms with E-state index in [-0.39, 0.29) is 23.9 Å². The number of ether oxygens (including phenoxy) is 2. The van der Waals surface area contributed by atoms with Gasteiger partial charge in [0, 0.05) is 21.2 Å². The Morgan fingerprint density at radius 1 is 1.20 bits per heavy atom. The molecule has 1 aliphatic heterocycles. The summed E-state index contributed by atoms with van der Waals surface area (Å²) in [7, 11) is 0. The lowest BCUT2D eigenvalue weighted by Crippen LogP contribution is -2.07. The van der Waals surface area contributed by atoms with Gasteiger partial charge < -0.3 is 9.47 Å². The summed E-state index contributed by atoms with van der Waals surface area (Å²) in [4.78, 5) is 23.7. The molecule has 1 aliphatic rings. The molecule has 0 N–H and O–H groups in total. The summed E-state index contributed by atoms with van der Waals surface area (Å²) in [6.45, 7) is 3.18. The van der Waals surface area contributed by atoms with Crippen molar-refractivity contribution in [2.45, 2.75) is 13.8 Å². The van der Waals surface area contributed by atoms with Crippen LogP contribution in [0.1, 0.15) is 28.4 Å². The van der Waals surface area contributed by atoms with Crippen molar-refractivity contribution in [2.75, 3.05) is 6.61 Å². The Kier molecular flexibility index (Phi) is 4.84. The van der Waals surface area contributed by atoms with E-state index in [1.54, 1.807) is 37.3 Å². The van der Waals surface area contributed by atoms with Crippen LogP contribution in [0.2, 0.25) is 10.0 Å². The topological polar surface area (TPSA) is 52.6 Å². The van der Waals surface area contributed by atoms with E-state index < -0.39 is 0 Å². The highest BCUT2D eigenvalue weighted by atomic mass is 35.5. The van der Waals surface area contributed by atoms with Crippen LogP contribution < -0.4 is 9.47 Å². The van der Waals surface area contributed by atoms with E-state index in [1.165, 1.54) is 13.0 Å². The molecule has 25 heavy (non-hydrogen) atoms. The van der Waals surface area contributed by atoms with Gasteiger partial charge >= 0.3 is 0 Å². The van der Waals surface area contributed by atoms with E-state index in [0.717, 1.165) is 0 Å². The van der Waals surface area contributed by atoms with Gasteiger partial charge in [-0.1, -0.05) is 29.3 Å². The minimum Gasteiger partial charge on any atom is -0.485 e. The molecule has 1 heterocycles. The third-order valence-electron chi connectivity index (χ3n) is 3.74. The lowest BCUT2D eigenvalue weighted by Gasteiger charge is -2.10. The Morgan fingerprint density at radius 3 is 2.52 bits per heavy atom. The lowest BCUT2D eigenvalue weighted by molar-refractivity contribution is -0.118. The van der Waals surface area contributed by atoms with Crippen LogP contribution in [0.15, 0.2) is 36.1 Å². The number of halogens is 2. The molecule has 0 aliphatic carbocycles. The number of carbonyl (C=O) groups is 2. The fraction of sp³-hybridized carbons (Fsp3) is 0.158. The summed E-state index contributed by atoms with van der Waals surface area (Å²) in [5.41, 5.74) is 1.61. The SMILES string of the molecule is CC(=O)COc1ccc2c(c1C)O/C(=C\c1c(Cl)cccc1Cl)C2=O. The Morgan fingerprint density at radius 2 is 1.88 bits per heavy atom. The van der Waals surface area contributed by atoms with Crippen molar-refractivity contribution < 1.29 is 19.1 Å². The molecule has 0 unspecified atom stereocenters. The first kappa shape index (κ1) is 17.5. The monoisotopic (exact) mass is 376 g/mol. The highest BCUT2D eigenvalue weighted by molar-refractivity contribution is 6.37. The van der Waals surface area contributed by atoms with Gasteiger partial charge in [-0.15, -0.1) is 0 Å². The predicted molar refractivity (Wildman–Crippen MR) is 96.8 cm³/mol. The molecule has 0 fully saturated rings. The van der Waals surface area contributed by atoms with Crippen LogP contribution >= 0.6 is 23.2 Å². The number of Topliss-reactive ketones (excluding diaryl/α,β-unsaturated/α-hetero) is 2. The zero-order valence-corrected chi connectivity index (χ0v) is 15.1. The number of fused-ring (bicyclic) bond motifs is 1. The molecule has 3 rings (SSSR count). The molecule has 0 bridgehead atoms. The summed E-state index contributed by atoms with van der Waals surface area (Å²) in [6, 6.07) is 8.37. The zero-order valence-electron chi connectivity index (χ0n) is 13.6. The van der Waals surface area contributed by atoms with Gasteiger partial charge in [0.05, 0.1) is 5.56 Å². The van der Waals surface area contributed by atoms with E-state index in [2.05, 4.69) is 0 Å². The van der Waals surface area contributed by atoms with Crippen molar-refractivity contribution in [3.63, 3.8) is 0 Å². The average molecular weight is 377 g/mol. The van der Waals surface area contributed by atoms with Crippen molar-refractivity contribution >= 4 is 40.8 Å². The van der Waals surface area contributed by atoms with Crippen molar-refractivity contribution in [1.82, 2.24) is 0 Å². The molecule has 0 saturated heterocycles. The van der Waals surface area contributed by atoms with E-state index in [4.69, 9.17) is 32.7 Å². The maximum Gasteiger partial charge on any atom is 0.231 e. The largest absolute Gasteiger partial charge is 0.485 e. The minimum absolute atomic E-state index is 0.0362. The van der Waals surface area contributed by atoms with Crippen molar-refractivity contribution in [3.8, 4) is 11.5 Å². The summed E-state index contributed by atoms with van der Waals surface area (Å²) in [5.74, 6) is 0.703. The third-order valence-corrected chi connectivity index (χ3v) is 4.40. The molecule has 0 spiro atoms. The number of rotatable bonds is 4. The van der Waals surface area contributed by atoms with Crippen LogP contribution in [0.3, 0.4) is 0 Å². The maximum absolute atomic E-state index is 12.6. The van der Waals surface area contributed by atoms with Gasteiger partial charge in [0.25, 0.3) is 0 Å². The quantitative estimate of drug-likeness (QED) is 0.713.